The van der Waals surface area contributed by atoms with Crippen molar-refractivity contribution in [2.24, 2.45) is 0 Å². The van der Waals surface area contributed by atoms with Gasteiger partial charge < -0.3 is 14.4 Å². The lowest BCUT2D eigenvalue weighted by Crippen LogP contribution is -2.46. The fourth-order valence-electron chi connectivity index (χ4n) is 1.33. The molecule has 0 aliphatic rings. The zero-order valence-electron chi connectivity index (χ0n) is 10.1. The van der Waals surface area contributed by atoms with Gasteiger partial charge in [0.15, 0.2) is 17.4 Å². The molecular formula is C7H25NO2Si3. The first kappa shape index (κ1) is 16.0. The second-order valence-corrected chi connectivity index (χ2v) is 15.7. The van der Waals surface area contributed by atoms with E-state index < -0.39 is 25.9 Å². The molecule has 0 aromatic rings. The highest BCUT2D eigenvalue weighted by Crippen LogP contribution is 2.15. The van der Waals surface area contributed by atoms with Crippen molar-refractivity contribution in [1.29, 1.82) is 0 Å². The molecule has 0 aliphatic carbocycles. The van der Waals surface area contributed by atoms with Crippen molar-refractivity contribution < 1.29 is 8.23 Å². The quantitative estimate of drug-likeness (QED) is 0.768. The van der Waals surface area contributed by atoms with E-state index in [2.05, 4.69) is 45.8 Å². The van der Waals surface area contributed by atoms with Crippen molar-refractivity contribution in [3.63, 3.8) is 0 Å². The monoisotopic (exact) mass is 239 g/mol. The molecule has 6 heteroatoms. The maximum absolute atomic E-state index is 6.03. The Morgan fingerprint density at radius 1 is 0.923 bits per heavy atom. The molecular weight excluding hydrogens is 214 g/mol. The van der Waals surface area contributed by atoms with Gasteiger partial charge in [-0.05, 0) is 45.8 Å². The van der Waals surface area contributed by atoms with E-state index in [0.29, 0.717) is 0 Å². The standard InChI is InChI=1S/C7H22O2Si3.H3N/c1-10(2)8-12(6,7)9-11(3,4)5;/h10H,1-7H3;1H3. The Morgan fingerprint density at radius 3 is 1.54 bits per heavy atom. The first-order valence-electron chi connectivity index (χ1n) is 4.50. The van der Waals surface area contributed by atoms with Crippen LogP contribution in [0.1, 0.15) is 0 Å². The fourth-order valence-corrected chi connectivity index (χ4v) is 12.4. The van der Waals surface area contributed by atoms with Crippen LogP contribution in [0.5, 0.6) is 0 Å². The molecule has 0 aromatic carbocycles. The number of rotatable bonds is 4. The summed E-state index contributed by atoms with van der Waals surface area (Å²) in [6, 6.07) is 0. The normalized spacial score (nSPS) is 12.9. The molecule has 0 spiro atoms. The SMILES string of the molecule is C[SiH](C)O[Si](C)(C)O[Si](C)(C)C.N. The van der Waals surface area contributed by atoms with Gasteiger partial charge in [-0.1, -0.05) is 0 Å². The van der Waals surface area contributed by atoms with E-state index in [0.717, 1.165) is 0 Å². The van der Waals surface area contributed by atoms with Gasteiger partial charge in [0.1, 0.15) is 0 Å². The van der Waals surface area contributed by atoms with Gasteiger partial charge in [-0.2, -0.15) is 0 Å². The van der Waals surface area contributed by atoms with Crippen molar-refractivity contribution in [3.05, 3.63) is 0 Å². The Morgan fingerprint density at radius 2 is 1.31 bits per heavy atom. The summed E-state index contributed by atoms with van der Waals surface area (Å²) in [5, 5.41) is 0. The van der Waals surface area contributed by atoms with Crippen molar-refractivity contribution in [3.8, 4) is 0 Å². The number of hydrogen-bond acceptors (Lipinski definition) is 3. The van der Waals surface area contributed by atoms with E-state index in [1.54, 1.807) is 0 Å². The highest BCUT2D eigenvalue weighted by Gasteiger charge is 2.31. The van der Waals surface area contributed by atoms with Gasteiger partial charge in [-0.15, -0.1) is 0 Å². The predicted octanol–water partition coefficient (Wildman–Crippen LogP) is 2.70. The number of hydrogen-bond donors (Lipinski definition) is 1. The molecule has 0 aromatic heterocycles. The first-order chi connectivity index (χ1) is 5.12. The van der Waals surface area contributed by atoms with Crippen LogP contribution in [-0.2, 0) is 8.23 Å². The van der Waals surface area contributed by atoms with E-state index >= 15 is 0 Å². The van der Waals surface area contributed by atoms with E-state index in [-0.39, 0.29) is 6.15 Å². The third kappa shape index (κ3) is 10.5. The molecule has 0 saturated carbocycles. The maximum Gasteiger partial charge on any atom is 0.310 e. The van der Waals surface area contributed by atoms with Crippen molar-refractivity contribution in [2.45, 2.75) is 45.8 Å². The Bertz CT molecular complexity index is 145. The van der Waals surface area contributed by atoms with Gasteiger partial charge >= 0.3 is 8.56 Å². The Hall–Kier alpha value is 0.531. The maximum atomic E-state index is 6.03. The van der Waals surface area contributed by atoms with Gasteiger partial charge in [-0.25, -0.2) is 0 Å². The van der Waals surface area contributed by atoms with Crippen LogP contribution < -0.4 is 6.15 Å². The van der Waals surface area contributed by atoms with Crippen molar-refractivity contribution in [2.75, 3.05) is 0 Å². The van der Waals surface area contributed by atoms with Gasteiger partial charge in [0.25, 0.3) is 0 Å². The summed E-state index contributed by atoms with van der Waals surface area (Å²) in [6.07, 6.45) is 0. The molecule has 0 radical (unpaired) electrons. The van der Waals surface area contributed by atoms with Crippen LogP contribution in [-0.4, -0.2) is 25.9 Å². The molecule has 0 rings (SSSR count). The fraction of sp³-hybridized carbons (Fsp3) is 1.00. The van der Waals surface area contributed by atoms with Crippen LogP contribution in [0.25, 0.3) is 0 Å². The van der Waals surface area contributed by atoms with Gasteiger partial charge in [0, 0.05) is 0 Å². The molecule has 0 fully saturated rings. The topological polar surface area (TPSA) is 53.5 Å². The highest BCUT2D eigenvalue weighted by molar-refractivity contribution is 6.83. The summed E-state index contributed by atoms with van der Waals surface area (Å²) >= 11 is 0. The lowest BCUT2D eigenvalue weighted by atomic mass is 11.8. The Kier molecular flexibility index (Phi) is 6.66. The molecule has 0 amide bonds. The molecule has 0 atom stereocenters. The van der Waals surface area contributed by atoms with Crippen LogP contribution in [0.3, 0.4) is 0 Å². The lowest BCUT2D eigenvalue weighted by molar-refractivity contribution is 0.405. The summed E-state index contributed by atoms with van der Waals surface area (Å²) in [6.45, 7) is 15.3. The Labute approximate surface area is 86.5 Å². The highest BCUT2D eigenvalue weighted by atomic mass is 28.5. The summed E-state index contributed by atoms with van der Waals surface area (Å²) in [5.41, 5.74) is 0. The van der Waals surface area contributed by atoms with E-state index in [1.165, 1.54) is 0 Å². The third-order valence-electron chi connectivity index (χ3n) is 1.07. The molecule has 13 heavy (non-hydrogen) atoms. The minimum Gasteiger partial charge on any atom is -0.440 e. The van der Waals surface area contributed by atoms with Crippen LogP contribution in [0, 0.1) is 0 Å². The average Bonchev–Trinajstić information content (AvgIpc) is 1.48. The smallest absolute Gasteiger partial charge is 0.310 e. The zero-order valence-corrected chi connectivity index (χ0v) is 13.3. The van der Waals surface area contributed by atoms with Crippen LogP contribution >= 0.6 is 0 Å². The minimum absolute atomic E-state index is 0. The second-order valence-electron chi connectivity index (χ2n) is 4.78. The minimum atomic E-state index is -1.78. The molecule has 3 N–H and O–H groups in total. The summed E-state index contributed by atoms with van der Waals surface area (Å²) in [5.74, 6) is 0. The van der Waals surface area contributed by atoms with Gasteiger partial charge in [-0.3, -0.25) is 0 Å². The van der Waals surface area contributed by atoms with Crippen LogP contribution in [0.2, 0.25) is 45.8 Å². The second kappa shape index (κ2) is 5.42. The first-order valence-corrected chi connectivity index (χ1v) is 13.5. The predicted molar refractivity (Wildman–Crippen MR) is 66.9 cm³/mol. The summed E-state index contributed by atoms with van der Waals surface area (Å²) in [7, 11) is -4.10. The van der Waals surface area contributed by atoms with Crippen molar-refractivity contribution in [1.82, 2.24) is 6.15 Å². The van der Waals surface area contributed by atoms with Gasteiger partial charge in [0.05, 0.1) is 0 Å². The molecule has 0 bridgehead atoms. The van der Waals surface area contributed by atoms with E-state index in [4.69, 9.17) is 8.23 Å². The average molecular weight is 240 g/mol. The molecule has 0 heterocycles. The molecule has 0 saturated heterocycles. The third-order valence-corrected chi connectivity index (χ3v) is 9.64. The largest absolute Gasteiger partial charge is 0.440 e. The van der Waals surface area contributed by atoms with Crippen LogP contribution in [0.15, 0.2) is 0 Å². The van der Waals surface area contributed by atoms with Crippen LogP contribution in [0.4, 0.5) is 0 Å². The molecule has 3 nitrogen and oxygen atoms in total. The summed E-state index contributed by atoms with van der Waals surface area (Å²) < 4.78 is 11.9. The van der Waals surface area contributed by atoms with E-state index in [9.17, 15) is 0 Å². The summed E-state index contributed by atoms with van der Waals surface area (Å²) in [4.78, 5) is 0. The van der Waals surface area contributed by atoms with Gasteiger partial charge in [0.2, 0.25) is 0 Å². The van der Waals surface area contributed by atoms with E-state index in [1.807, 2.05) is 0 Å². The lowest BCUT2D eigenvalue weighted by Gasteiger charge is -2.32. The molecule has 0 aliphatic heterocycles. The Balaban J connectivity index is 0. The molecule has 0 unspecified atom stereocenters. The zero-order chi connectivity index (χ0) is 9.99. The van der Waals surface area contributed by atoms with Crippen molar-refractivity contribution >= 4 is 25.9 Å². The molecule has 82 valence electrons.